The van der Waals surface area contributed by atoms with Crippen LogP contribution in [0.1, 0.15) is 60.7 Å². The highest BCUT2D eigenvalue weighted by Crippen LogP contribution is 2.35. The number of hydrogen-bond donors (Lipinski definition) is 0. The molecule has 0 amide bonds. The van der Waals surface area contributed by atoms with Crippen molar-refractivity contribution in [3.63, 3.8) is 0 Å². The fraction of sp³-hybridized carbons (Fsp3) is 0.300. The van der Waals surface area contributed by atoms with Gasteiger partial charge in [0.05, 0.1) is 12.8 Å². The molecule has 0 radical (unpaired) electrons. The van der Waals surface area contributed by atoms with E-state index in [1.54, 1.807) is 39.2 Å². The second kappa shape index (κ2) is 9.14. The summed E-state index contributed by atoms with van der Waals surface area (Å²) in [6.45, 7) is 12.0. The number of aromatic nitrogens is 3. The molecule has 2 aromatic carbocycles. The third kappa shape index (κ3) is 4.61. The van der Waals surface area contributed by atoms with Crippen LogP contribution in [0.5, 0.6) is 0 Å². The Hall–Kier alpha value is -4.00. The smallest absolute Gasteiger partial charge is 0.342 e. The van der Waals surface area contributed by atoms with E-state index in [4.69, 9.17) is 19.1 Å². The first-order valence-electron chi connectivity index (χ1n) is 12.4. The van der Waals surface area contributed by atoms with Crippen molar-refractivity contribution in [3.05, 3.63) is 82.8 Å². The molecule has 0 saturated heterocycles. The number of benzene rings is 2. The Morgan fingerprint density at radius 2 is 1.89 bits per heavy atom. The minimum absolute atomic E-state index is 0.132. The number of pyridine rings is 1. The standard InChI is InChI=1S/C30H30FN3O3/c1-7-24-33-26-17(2)13-18(3)32-28(26)34(24)15-19-11-12-21-20(14-19)16-36-27(21)22-9-8-10-23(31)25(22)29(35)37-30(4,5)6/h8-14,16H,7,15H2,1-6H3. The van der Waals surface area contributed by atoms with Crippen molar-refractivity contribution in [2.45, 2.75) is 60.1 Å². The second-order valence-electron chi connectivity index (χ2n) is 10.4. The van der Waals surface area contributed by atoms with Crippen LogP contribution in [-0.4, -0.2) is 26.1 Å². The second-order valence-corrected chi connectivity index (χ2v) is 10.4. The van der Waals surface area contributed by atoms with Gasteiger partial charge in [-0.05, 0) is 63.9 Å². The van der Waals surface area contributed by atoms with Crippen molar-refractivity contribution in [3.8, 4) is 11.3 Å². The molecular formula is C30H30FN3O3. The highest BCUT2D eigenvalue weighted by atomic mass is 19.1. The SMILES string of the molecule is CCc1nc2c(C)cc(C)nc2n1Cc1ccc2c(-c3cccc(F)c3C(=O)OC(C)(C)C)occ2c1. The summed E-state index contributed by atoms with van der Waals surface area (Å²) in [5.74, 6) is 0.0344. The maximum Gasteiger partial charge on any atom is 0.342 e. The molecule has 0 aliphatic rings. The van der Waals surface area contributed by atoms with E-state index in [-0.39, 0.29) is 5.56 Å². The number of imidazole rings is 1. The van der Waals surface area contributed by atoms with E-state index in [2.05, 4.69) is 24.5 Å². The minimum atomic E-state index is -0.752. The van der Waals surface area contributed by atoms with Crippen molar-refractivity contribution in [1.82, 2.24) is 14.5 Å². The molecule has 0 bridgehead atoms. The van der Waals surface area contributed by atoms with Crippen LogP contribution < -0.4 is 0 Å². The van der Waals surface area contributed by atoms with Gasteiger partial charge in [0.25, 0.3) is 0 Å². The number of aryl methyl sites for hydroxylation is 3. The largest absolute Gasteiger partial charge is 0.463 e. The predicted molar refractivity (Wildman–Crippen MR) is 142 cm³/mol. The van der Waals surface area contributed by atoms with Gasteiger partial charge in [0.1, 0.15) is 34.1 Å². The average Bonchev–Trinajstić information content (AvgIpc) is 3.39. The van der Waals surface area contributed by atoms with E-state index in [9.17, 15) is 9.18 Å². The zero-order chi connectivity index (χ0) is 26.5. The number of esters is 1. The highest BCUT2D eigenvalue weighted by Gasteiger charge is 2.26. The molecular weight excluding hydrogens is 469 g/mol. The van der Waals surface area contributed by atoms with Crippen LogP contribution in [0, 0.1) is 19.7 Å². The van der Waals surface area contributed by atoms with Crippen molar-refractivity contribution >= 4 is 27.9 Å². The van der Waals surface area contributed by atoms with Crippen LogP contribution >= 0.6 is 0 Å². The molecule has 6 nitrogen and oxygen atoms in total. The molecule has 0 saturated carbocycles. The number of ether oxygens (including phenoxy) is 1. The average molecular weight is 500 g/mol. The van der Waals surface area contributed by atoms with E-state index in [1.165, 1.54) is 6.07 Å². The Morgan fingerprint density at radius 3 is 2.62 bits per heavy atom. The third-order valence-electron chi connectivity index (χ3n) is 6.28. The van der Waals surface area contributed by atoms with Gasteiger partial charge in [-0.25, -0.2) is 19.2 Å². The van der Waals surface area contributed by atoms with Gasteiger partial charge in [-0.15, -0.1) is 0 Å². The molecule has 3 heterocycles. The zero-order valence-corrected chi connectivity index (χ0v) is 22.0. The molecule has 0 N–H and O–H groups in total. The van der Waals surface area contributed by atoms with Crippen molar-refractivity contribution < 1.29 is 18.3 Å². The zero-order valence-electron chi connectivity index (χ0n) is 22.0. The quantitative estimate of drug-likeness (QED) is 0.240. The lowest BCUT2D eigenvalue weighted by Crippen LogP contribution is -2.25. The van der Waals surface area contributed by atoms with Crippen LogP contribution in [0.15, 0.2) is 53.1 Å². The summed E-state index contributed by atoms with van der Waals surface area (Å²) in [5.41, 5.74) is 4.41. The van der Waals surface area contributed by atoms with Crippen molar-refractivity contribution in [2.75, 3.05) is 0 Å². The first kappa shape index (κ1) is 24.7. The van der Waals surface area contributed by atoms with Gasteiger partial charge < -0.3 is 13.7 Å². The number of rotatable bonds is 5. The van der Waals surface area contributed by atoms with Crippen molar-refractivity contribution in [1.29, 1.82) is 0 Å². The Labute approximate surface area is 215 Å². The maximum atomic E-state index is 14.8. The van der Waals surface area contributed by atoms with Crippen LogP contribution in [0.4, 0.5) is 4.39 Å². The van der Waals surface area contributed by atoms with Gasteiger partial charge in [-0.2, -0.15) is 0 Å². The fourth-order valence-electron chi connectivity index (χ4n) is 4.73. The lowest BCUT2D eigenvalue weighted by Gasteiger charge is -2.20. The summed E-state index contributed by atoms with van der Waals surface area (Å²) in [6.07, 6.45) is 2.43. The Bertz CT molecular complexity index is 1660. The first-order chi connectivity index (χ1) is 17.6. The van der Waals surface area contributed by atoms with Gasteiger partial charge in [0.2, 0.25) is 0 Å². The molecule has 3 aromatic heterocycles. The number of halogens is 1. The Morgan fingerprint density at radius 1 is 1.11 bits per heavy atom. The normalized spacial score (nSPS) is 12.0. The van der Waals surface area contributed by atoms with Crippen LogP contribution in [0.2, 0.25) is 0 Å². The topological polar surface area (TPSA) is 70.2 Å². The fourth-order valence-corrected chi connectivity index (χ4v) is 4.73. The summed E-state index contributed by atoms with van der Waals surface area (Å²) in [6, 6.07) is 12.6. The molecule has 0 aliphatic heterocycles. The maximum absolute atomic E-state index is 14.8. The molecule has 0 fully saturated rings. The van der Waals surface area contributed by atoms with E-state index in [1.807, 2.05) is 25.1 Å². The molecule has 0 spiro atoms. The first-order valence-corrected chi connectivity index (χ1v) is 12.4. The Kier molecular flexibility index (Phi) is 6.10. The molecule has 0 unspecified atom stereocenters. The number of fused-ring (bicyclic) bond motifs is 2. The van der Waals surface area contributed by atoms with Crippen molar-refractivity contribution in [2.24, 2.45) is 0 Å². The molecule has 190 valence electrons. The highest BCUT2D eigenvalue weighted by molar-refractivity contribution is 6.03. The molecule has 5 rings (SSSR count). The number of hydrogen-bond acceptors (Lipinski definition) is 5. The molecule has 37 heavy (non-hydrogen) atoms. The predicted octanol–water partition coefficient (Wildman–Crippen LogP) is 7.17. The van der Waals surface area contributed by atoms with Gasteiger partial charge in [0, 0.05) is 28.5 Å². The number of furan rings is 1. The van der Waals surface area contributed by atoms with Crippen LogP contribution in [-0.2, 0) is 17.7 Å². The van der Waals surface area contributed by atoms with E-state index in [0.717, 1.165) is 51.0 Å². The number of carbonyl (C=O) groups excluding carboxylic acids is 1. The van der Waals surface area contributed by atoms with E-state index >= 15 is 0 Å². The lowest BCUT2D eigenvalue weighted by molar-refractivity contribution is 0.00655. The summed E-state index contributed by atoms with van der Waals surface area (Å²) < 4.78 is 28.4. The van der Waals surface area contributed by atoms with Gasteiger partial charge >= 0.3 is 5.97 Å². The van der Waals surface area contributed by atoms with Gasteiger partial charge in [-0.3, -0.25) is 0 Å². The summed E-state index contributed by atoms with van der Waals surface area (Å²) in [4.78, 5) is 22.5. The molecule has 7 heteroatoms. The summed E-state index contributed by atoms with van der Waals surface area (Å²) in [7, 11) is 0. The molecule has 0 aliphatic carbocycles. The number of carbonyl (C=O) groups is 1. The van der Waals surface area contributed by atoms with Gasteiger partial charge in [-0.1, -0.05) is 31.2 Å². The van der Waals surface area contributed by atoms with Gasteiger partial charge in [0.15, 0.2) is 5.65 Å². The van der Waals surface area contributed by atoms with Crippen LogP contribution in [0.3, 0.4) is 0 Å². The van der Waals surface area contributed by atoms with E-state index < -0.39 is 17.4 Å². The molecule has 5 aromatic rings. The lowest BCUT2D eigenvalue weighted by atomic mass is 10.0. The summed E-state index contributed by atoms with van der Waals surface area (Å²) >= 11 is 0. The summed E-state index contributed by atoms with van der Waals surface area (Å²) in [5, 5.41) is 1.64. The molecule has 0 atom stereocenters. The Balaban J connectivity index is 1.55. The van der Waals surface area contributed by atoms with Crippen LogP contribution in [0.25, 0.3) is 33.3 Å². The van der Waals surface area contributed by atoms with E-state index in [0.29, 0.717) is 17.9 Å². The number of nitrogens with zero attached hydrogens (tertiary/aromatic N) is 3. The minimum Gasteiger partial charge on any atom is -0.463 e. The third-order valence-corrected chi connectivity index (χ3v) is 6.28. The monoisotopic (exact) mass is 499 g/mol.